The molecule has 0 saturated heterocycles. The second-order valence-corrected chi connectivity index (χ2v) is 7.46. The molecule has 4 atom stereocenters. The van der Waals surface area contributed by atoms with Crippen LogP contribution in [0.15, 0.2) is 0 Å². The molecule has 0 fully saturated rings. The van der Waals surface area contributed by atoms with Crippen molar-refractivity contribution in [3.05, 3.63) is 34.4 Å². The first kappa shape index (κ1) is 23.8. The van der Waals surface area contributed by atoms with Gasteiger partial charge in [-0.2, -0.15) is 17.6 Å². The van der Waals surface area contributed by atoms with E-state index >= 15 is 8.78 Å². The molecule has 28 heavy (non-hydrogen) atoms. The lowest BCUT2D eigenvalue weighted by Gasteiger charge is -2.57. The van der Waals surface area contributed by atoms with Crippen LogP contribution in [0.1, 0.15) is 11.1 Å². The first-order valence-electron chi connectivity index (χ1n) is 6.27. The molecule has 1 aliphatic rings. The monoisotopic (exact) mass is 512 g/mol. The lowest BCUT2D eigenvalue weighted by Crippen LogP contribution is -2.75. The summed E-state index contributed by atoms with van der Waals surface area (Å²) in [4.78, 5) is 0. The molecule has 0 aromatic heterocycles. The summed E-state index contributed by atoms with van der Waals surface area (Å²) in [6.45, 7) is 0. The first-order chi connectivity index (χ1) is 12.1. The minimum atomic E-state index is -5.95. The van der Waals surface area contributed by atoms with Gasteiger partial charge in [0.15, 0.2) is 23.3 Å². The molecule has 160 valence electrons. The number of hydrogen-bond donors (Lipinski definition) is 0. The van der Waals surface area contributed by atoms with E-state index in [0.29, 0.717) is 0 Å². The molecule has 0 aliphatic heterocycles. The largest absolute Gasteiger partial charge is 0.372 e. The van der Waals surface area contributed by atoms with Crippen molar-refractivity contribution in [2.24, 2.45) is 0 Å². The third-order valence-electron chi connectivity index (χ3n) is 4.01. The Hall–Kier alpha value is -0.460. The molecule has 1 aromatic carbocycles. The normalized spacial score (nSPS) is 29.6. The molecule has 1 aromatic rings. The van der Waals surface area contributed by atoms with E-state index < -0.39 is 66.8 Å². The zero-order valence-corrected chi connectivity index (χ0v) is 15.1. The summed E-state index contributed by atoms with van der Waals surface area (Å²) in [6.07, 6.45) is 0. The highest BCUT2D eigenvalue weighted by Gasteiger charge is 2.92. The smallest absolute Gasteiger partial charge is 0.229 e. The molecule has 0 nitrogen and oxygen atoms in total. The molecule has 0 bridgehead atoms. The summed E-state index contributed by atoms with van der Waals surface area (Å²) < 4.78 is 166. The molecule has 0 N–H and O–H groups in total. The molecule has 2 rings (SSSR count). The third kappa shape index (κ3) is 2.37. The fraction of sp³-hybridized carbons (Fsp3) is 0.500. The van der Waals surface area contributed by atoms with Crippen molar-refractivity contribution in [3.63, 3.8) is 0 Å². The highest BCUT2D eigenvalue weighted by atomic mass is 35.5. The van der Waals surface area contributed by atoms with E-state index in [0.717, 1.165) is 0 Å². The minimum absolute atomic E-state index is 2.84. The van der Waals surface area contributed by atoms with E-state index in [2.05, 4.69) is 46.4 Å². The molecule has 16 heteroatoms. The van der Waals surface area contributed by atoms with Crippen molar-refractivity contribution < 1.29 is 52.7 Å². The Labute approximate surface area is 166 Å². The van der Waals surface area contributed by atoms with E-state index in [4.69, 9.17) is 0 Å². The summed E-state index contributed by atoms with van der Waals surface area (Å²) >= 11 is 17.2. The number of hydrogen-bond acceptors (Lipinski definition) is 0. The Morgan fingerprint density at radius 3 is 0.893 bits per heavy atom. The number of rotatable bonds is 4. The fourth-order valence-electron chi connectivity index (χ4n) is 2.70. The summed E-state index contributed by atoms with van der Waals surface area (Å²) in [5.74, 6) is -12.2. The van der Waals surface area contributed by atoms with Crippen molar-refractivity contribution in [2.75, 3.05) is 0 Å². The lowest BCUT2D eigenvalue weighted by molar-refractivity contribution is -0.259. The summed E-state index contributed by atoms with van der Waals surface area (Å²) in [6, 6.07) is 0. The van der Waals surface area contributed by atoms with Gasteiger partial charge < -0.3 is 0 Å². The second kappa shape index (κ2) is 6.04. The summed E-state index contributed by atoms with van der Waals surface area (Å²) in [5, 5.41) is -23.5. The molecule has 4 unspecified atom stereocenters. The van der Waals surface area contributed by atoms with Crippen LogP contribution >= 0.6 is 46.4 Å². The standard InChI is InChI=1S/C12Cl4F12/c13-9(23,11(15,25)26)7(21)1-2(4(18)6(20)5(19)3(1)17)8(7,22)10(14,24)12(16,27)28. The molecular formula is C12Cl4F12. The van der Waals surface area contributed by atoms with Gasteiger partial charge in [0.2, 0.25) is 11.3 Å². The van der Waals surface area contributed by atoms with Gasteiger partial charge in [0.1, 0.15) is 0 Å². The Bertz CT molecular complexity index is 776. The highest BCUT2D eigenvalue weighted by molar-refractivity contribution is 6.35. The van der Waals surface area contributed by atoms with Gasteiger partial charge in [0.25, 0.3) is 0 Å². The summed E-state index contributed by atoms with van der Waals surface area (Å²) in [7, 11) is 0. The van der Waals surface area contributed by atoms with Crippen molar-refractivity contribution >= 4 is 46.4 Å². The topological polar surface area (TPSA) is 0 Å². The quantitative estimate of drug-likeness (QED) is 0.175. The molecule has 0 heterocycles. The number of fused-ring (bicyclic) bond motifs is 1. The van der Waals surface area contributed by atoms with Gasteiger partial charge in [0.05, 0.1) is 0 Å². The van der Waals surface area contributed by atoms with Crippen LogP contribution in [0.3, 0.4) is 0 Å². The van der Waals surface area contributed by atoms with Gasteiger partial charge in [0, 0.05) is 11.1 Å². The first-order valence-corrected chi connectivity index (χ1v) is 7.79. The van der Waals surface area contributed by atoms with E-state index in [1.165, 1.54) is 0 Å². The minimum Gasteiger partial charge on any atom is -0.229 e. The van der Waals surface area contributed by atoms with E-state index in [-0.39, 0.29) is 0 Å². The SMILES string of the molecule is Fc1c(F)c(F)c2c(c1F)C(F)(C(F)(Cl)C(F)(F)Cl)C2(F)C(F)(Cl)C(F)(F)Cl. The average molecular weight is 514 g/mol. The van der Waals surface area contributed by atoms with Crippen LogP contribution < -0.4 is 0 Å². The van der Waals surface area contributed by atoms with Gasteiger partial charge in [-0.15, -0.1) is 0 Å². The molecule has 0 radical (unpaired) electrons. The van der Waals surface area contributed by atoms with Crippen LogP contribution in [0.25, 0.3) is 0 Å². The Morgan fingerprint density at radius 2 is 0.714 bits per heavy atom. The van der Waals surface area contributed by atoms with Crippen molar-refractivity contribution in [1.29, 1.82) is 0 Å². The molecule has 0 spiro atoms. The van der Waals surface area contributed by atoms with Crippen LogP contribution in [0.4, 0.5) is 52.7 Å². The Kier molecular flexibility index (Phi) is 5.14. The van der Waals surface area contributed by atoms with Gasteiger partial charge in [-0.25, -0.2) is 35.1 Å². The molecular weight excluding hydrogens is 514 g/mol. The van der Waals surface area contributed by atoms with Crippen LogP contribution in [0, 0.1) is 23.3 Å². The zero-order chi connectivity index (χ0) is 22.5. The predicted octanol–water partition coefficient (Wildman–Crippen LogP) is 7.06. The predicted molar refractivity (Wildman–Crippen MR) is 72.8 cm³/mol. The van der Waals surface area contributed by atoms with E-state index in [9.17, 15) is 43.9 Å². The Balaban J connectivity index is 3.12. The number of alkyl halides is 12. The van der Waals surface area contributed by atoms with Crippen molar-refractivity contribution in [2.45, 2.75) is 32.4 Å². The van der Waals surface area contributed by atoms with Crippen molar-refractivity contribution in [1.82, 2.24) is 0 Å². The van der Waals surface area contributed by atoms with Crippen LogP contribution in [-0.4, -0.2) is 21.0 Å². The van der Waals surface area contributed by atoms with Crippen LogP contribution in [-0.2, 0) is 11.3 Å². The maximum atomic E-state index is 15.1. The molecule has 0 saturated carbocycles. The maximum Gasteiger partial charge on any atom is 0.372 e. The average Bonchev–Trinajstić information content (AvgIpc) is 2.51. The number of halogens is 16. The molecule has 0 amide bonds. The third-order valence-corrected chi connectivity index (χ3v) is 5.72. The van der Waals surface area contributed by atoms with Crippen molar-refractivity contribution in [3.8, 4) is 0 Å². The Morgan fingerprint density at radius 1 is 0.500 bits per heavy atom. The molecule has 1 aliphatic carbocycles. The second-order valence-electron chi connectivity index (χ2n) is 5.47. The van der Waals surface area contributed by atoms with Gasteiger partial charge >= 0.3 is 21.0 Å². The highest BCUT2D eigenvalue weighted by Crippen LogP contribution is 2.76. The van der Waals surface area contributed by atoms with Gasteiger partial charge in [-0.1, -0.05) is 23.2 Å². The van der Waals surface area contributed by atoms with Gasteiger partial charge in [-0.3, -0.25) is 0 Å². The zero-order valence-electron chi connectivity index (χ0n) is 12.0. The summed E-state index contributed by atoms with van der Waals surface area (Å²) in [5.41, 5.74) is -17.6. The maximum absolute atomic E-state index is 15.1. The lowest BCUT2D eigenvalue weighted by atomic mass is 9.57. The van der Waals surface area contributed by atoms with Crippen LogP contribution in [0.5, 0.6) is 0 Å². The van der Waals surface area contributed by atoms with Crippen LogP contribution in [0.2, 0.25) is 0 Å². The van der Waals surface area contributed by atoms with E-state index in [1.54, 1.807) is 0 Å². The number of benzene rings is 1. The van der Waals surface area contributed by atoms with Gasteiger partial charge in [-0.05, 0) is 23.2 Å². The fourth-order valence-corrected chi connectivity index (χ4v) is 3.41. The van der Waals surface area contributed by atoms with E-state index in [1.807, 2.05) is 0 Å².